The van der Waals surface area contributed by atoms with E-state index in [0.717, 1.165) is 32.8 Å². The van der Waals surface area contributed by atoms with Crippen LogP contribution in [0.4, 0.5) is 0 Å². The van der Waals surface area contributed by atoms with Crippen LogP contribution in [0.15, 0.2) is 140 Å². The topological polar surface area (TPSA) is 38.7 Å². The van der Waals surface area contributed by atoms with Crippen molar-refractivity contribution in [3.8, 4) is 45.3 Å². The zero-order valence-corrected chi connectivity index (χ0v) is 25.1. The maximum atomic E-state index is 5.28. The van der Waals surface area contributed by atoms with E-state index in [1.54, 1.807) is 0 Å². The summed E-state index contributed by atoms with van der Waals surface area (Å²) in [4.78, 5) is 15.6. The normalized spacial score (nSPS) is 13.3. The van der Waals surface area contributed by atoms with E-state index in [1.807, 2.05) is 18.2 Å². The summed E-state index contributed by atoms with van der Waals surface area (Å²) in [5, 5.41) is 7.06. The first kappa shape index (κ1) is 25.8. The van der Waals surface area contributed by atoms with Gasteiger partial charge in [-0.1, -0.05) is 141 Å². The summed E-state index contributed by atoms with van der Waals surface area (Å²) >= 11 is 0. The fourth-order valence-electron chi connectivity index (χ4n) is 7.24. The number of aromatic nitrogens is 3. The molecule has 0 saturated heterocycles. The number of benzene rings is 7. The lowest BCUT2D eigenvalue weighted by atomic mass is 9.82. The van der Waals surface area contributed by atoms with E-state index in [-0.39, 0.29) is 5.41 Å². The Balaban J connectivity index is 1.34. The minimum Gasteiger partial charge on any atom is -0.208 e. The molecule has 0 fully saturated rings. The Kier molecular flexibility index (Phi) is 5.54. The monoisotopic (exact) mass is 575 g/mol. The van der Waals surface area contributed by atoms with Gasteiger partial charge in [0.15, 0.2) is 17.5 Å². The van der Waals surface area contributed by atoms with Gasteiger partial charge in [0, 0.05) is 22.1 Å². The highest BCUT2D eigenvalue weighted by Crippen LogP contribution is 2.49. The lowest BCUT2D eigenvalue weighted by Crippen LogP contribution is -2.15. The molecule has 9 rings (SSSR count). The van der Waals surface area contributed by atoms with E-state index in [0.29, 0.717) is 17.5 Å². The van der Waals surface area contributed by atoms with Crippen molar-refractivity contribution in [3.63, 3.8) is 0 Å². The standard InChI is InChI=1S/C42H29N3/c1-42(2)36-19-11-10-18-32(36)33-22-21-29(25-37(33)42)40-43-39(27-13-4-3-5-14-27)44-41(45-40)38-31-17-9-7-15-28(31)24-35-30-16-8-6-12-26(30)20-23-34(35)38/h3-25H,1-2H3. The van der Waals surface area contributed by atoms with Crippen molar-refractivity contribution in [1.82, 2.24) is 15.0 Å². The molecule has 0 radical (unpaired) electrons. The fraction of sp³-hybridized carbons (Fsp3) is 0.0714. The molecule has 0 aliphatic heterocycles. The van der Waals surface area contributed by atoms with Crippen molar-refractivity contribution in [2.75, 3.05) is 0 Å². The van der Waals surface area contributed by atoms with Gasteiger partial charge >= 0.3 is 0 Å². The van der Waals surface area contributed by atoms with Crippen LogP contribution in [0.3, 0.4) is 0 Å². The van der Waals surface area contributed by atoms with Gasteiger partial charge in [-0.15, -0.1) is 0 Å². The van der Waals surface area contributed by atoms with Crippen LogP contribution in [-0.4, -0.2) is 15.0 Å². The highest BCUT2D eigenvalue weighted by molar-refractivity contribution is 6.19. The molecule has 0 saturated carbocycles. The Morgan fingerprint density at radius 3 is 1.89 bits per heavy atom. The molecule has 0 amide bonds. The molecule has 212 valence electrons. The summed E-state index contributed by atoms with van der Waals surface area (Å²) in [6.07, 6.45) is 0. The van der Waals surface area contributed by atoms with Crippen LogP contribution in [0.1, 0.15) is 25.0 Å². The van der Waals surface area contributed by atoms with E-state index in [1.165, 1.54) is 38.4 Å². The number of fused-ring (bicyclic) bond motifs is 7. The van der Waals surface area contributed by atoms with Crippen molar-refractivity contribution < 1.29 is 0 Å². The molecule has 1 heterocycles. The van der Waals surface area contributed by atoms with Gasteiger partial charge in [-0.2, -0.15) is 0 Å². The van der Waals surface area contributed by atoms with Crippen molar-refractivity contribution in [2.24, 2.45) is 0 Å². The molecule has 3 heteroatoms. The van der Waals surface area contributed by atoms with Gasteiger partial charge in [-0.25, -0.2) is 15.0 Å². The Bertz CT molecular complexity index is 2460. The highest BCUT2D eigenvalue weighted by Gasteiger charge is 2.35. The predicted molar refractivity (Wildman–Crippen MR) is 186 cm³/mol. The second-order valence-electron chi connectivity index (χ2n) is 12.5. The minimum atomic E-state index is -0.118. The van der Waals surface area contributed by atoms with E-state index in [4.69, 9.17) is 15.0 Å². The third-order valence-electron chi connectivity index (χ3n) is 9.50. The van der Waals surface area contributed by atoms with Crippen LogP contribution < -0.4 is 0 Å². The molecule has 3 nitrogen and oxygen atoms in total. The second kappa shape index (κ2) is 9.67. The molecule has 0 spiro atoms. The number of rotatable bonds is 3. The molecule has 0 unspecified atom stereocenters. The predicted octanol–water partition coefficient (Wildman–Crippen LogP) is 10.6. The van der Waals surface area contributed by atoms with E-state index in [2.05, 4.69) is 135 Å². The number of nitrogens with zero attached hydrogens (tertiary/aromatic N) is 3. The first-order valence-electron chi connectivity index (χ1n) is 15.5. The average molecular weight is 576 g/mol. The summed E-state index contributed by atoms with van der Waals surface area (Å²) in [5.74, 6) is 2.02. The van der Waals surface area contributed by atoms with E-state index < -0.39 is 0 Å². The van der Waals surface area contributed by atoms with Gasteiger partial charge in [0.2, 0.25) is 0 Å². The van der Waals surface area contributed by atoms with E-state index >= 15 is 0 Å². The Morgan fingerprint density at radius 2 is 1.04 bits per heavy atom. The number of hydrogen-bond donors (Lipinski definition) is 0. The highest BCUT2D eigenvalue weighted by atomic mass is 15.0. The maximum Gasteiger partial charge on any atom is 0.165 e. The van der Waals surface area contributed by atoms with Crippen LogP contribution in [0.2, 0.25) is 0 Å². The Hall–Kier alpha value is -5.67. The van der Waals surface area contributed by atoms with Crippen LogP contribution in [-0.2, 0) is 5.41 Å². The SMILES string of the molecule is CC1(C)c2ccccc2-c2ccc(-c3nc(-c4ccccc4)nc(-c4c5ccccc5cc5c4ccc4ccccc45)n3)cc21. The first-order chi connectivity index (χ1) is 22.1. The van der Waals surface area contributed by atoms with Gasteiger partial charge in [-0.3, -0.25) is 0 Å². The Labute approximate surface area is 261 Å². The smallest absolute Gasteiger partial charge is 0.165 e. The second-order valence-corrected chi connectivity index (χ2v) is 12.5. The Morgan fingerprint density at radius 1 is 0.400 bits per heavy atom. The van der Waals surface area contributed by atoms with Crippen LogP contribution in [0, 0.1) is 0 Å². The molecule has 0 bridgehead atoms. The average Bonchev–Trinajstić information content (AvgIpc) is 3.33. The largest absolute Gasteiger partial charge is 0.208 e. The molecule has 1 aliphatic rings. The molecule has 0 atom stereocenters. The molecule has 45 heavy (non-hydrogen) atoms. The maximum absolute atomic E-state index is 5.28. The fourth-order valence-corrected chi connectivity index (χ4v) is 7.24. The van der Waals surface area contributed by atoms with Gasteiger partial charge < -0.3 is 0 Å². The molecule has 8 aromatic rings. The van der Waals surface area contributed by atoms with Crippen molar-refractivity contribution in [1.29, 1.82) is 0 Å². The number of hydrogen-bond acceptors (Lipinski definition) is 3. The van der Waals surface area contributed by atoms with Crippen molar-refractivity contribution in [3.05, 3.63) is 151 Å². The third kappa shape index (κ3) is 3.94. The lowest BCUT2D eigenvalue weighted by Gasteiger charge is -2.22. The summed E-state index contributed by atoms with van der Waals surface area (Å²) in [5.41, 5.74) is 8.11. The molecule has 7 aromatic carbocycles. The summed E-state index contributed by atoms with van der Waals surface area (Å²) < 4.78 is 0. The molecule has 1 aliphatic carbocycles. The summed E-state index contributed by atoms with van der Waals surface area (Å²) in [7, 11) is 0. The minimum absolute atomic E-state index is 0.118. The third-order valence-corrected chi connectivity index (χ3v) is 9.50. The van der Waals surface area contributed by atoms with Crippen molar-refractivity contribution >= 4 is 32.3 Å². The molecule has 1 aromatic heterocycles. The summed E-state index contributed by atoms with van der Waals surface area (Å²) in [6.45, 7) is 4.62. The van der Waals surface area contributed by atoms with E-state index in [9.17, 15) is 0 Å². The first-order valence-corrected chi connectivity index (χ1v) is 15.5. The quantitative estimate of drug-likeness (QED) is 0.155. The zero-order chi connectivity index (χ0) is 30.1. The van der Waals surface area contributed by atoms with Crippen LogP contribution >= 0.6 is 0 Å². The van der Waals surface area contributed by atoms with Gasteiger partial charge in [0.05, 0.1) is 0 Å². The van der Waals surface area contributed by atoms with Gasteiger partial charge in [0.25, 0.3) is 0 Å². The van der Waals surface area contributed by atoms with Crippen LogP contribution in [0.5, 0.6) is 0 Å². The van der Waals surface area contributed by atoms with Crippen molar-refractivity contribution in [2.45, 2.75) is 19.3 Å². The molecule has 0 N–H and O–H groups in total. The van der Waals surface area contributed by atoms with Crippen LogP contribution in [0.25, 0.3) is 77.6 Å². The summed E-state index contributed by atoms with van der Waals surface area (Å²) in [6, 6.07) is 49.5. The lowest BCUT2D eigenvalue weighted by molar-refractivity contribution is 0.660. The molecular formula is C42H29N3. The van der Waals surface area contributed by atoms with Gasteiger partial charge in [-0.05, 0) is 66.7 Å². The zero-order valence-electron chi connectivity index (χ0n) is 25.1. The van der Waals surface area contributed by atoms with Gasteiger partial charge in [0.1, 0.15) is 0 Å². The molecular weight excluding hydrogens is 546 g/mol.